The van der Waals surface area contributed by atoms with E-state index >= 15 is 0 Å². The summed E-state index contributed by atoms with van der Waals surface area (Å²) < 4.78 is 14.2. The number of nitrogens with zero attached hydrogens (tertiary/aromatic N) is 2. The fourth-order valence-corrected chi connectivity index (χ4v) is 4.04. The van der Waals surface area contributed by atoms with Crippen LogP contribution in [0, 0.1) is 12.7 Å². The predicted octanol–water partition coefficient (Wildman–Crippen LogP) is 4.87. The average Bonchev–Trinajstić information content (AvgIpc) is 3.07. The minimum Gasteiger partial charge on any atom is -0.322 e. The Bertz CT molecular complexity index is 1180. The molecular formula is C25H20BrFN2O3. The van der Waals surface area contributed by atoms with E-state index in [-0.39, 0.29) is 30.6 Å². The monoisotopic (exact) mass is 494 g/mol. The van der Waals surface area contributed by atoms with Crippen LogP contribution in [0.3, 0.4) is 0 Å². The van der Waals surface area contributed by atoms with Crippen LogP contribution >= 0.6 is 15.9 Å². The molecule has 0 bridgehead atoms. The second-order valence-electron chi connectivity index (χ2n) is 7.69. The third-order valence-electron chi connectivity index (χ3n) is 5.38. The van der Waals surface area contributed by atoms with Crippen molar-refractivity contribution in [3.8, 4) is 0 Å². The first-order valence-corrected chi connectivity index (χ1v) is 10.9. The molecule has 0 spiro atoms. The molecule has 1 aliphatic rings. The summed E-state index contributed by atoms with van der Waals surface area (Å²) in [7, 11) is 0. The zero-order chi connectivity index (χ0) is 22.8. The van der Waals surface area contributed by atoms with Crippen LogP contribution in [0.25, 0.3) is 0 Å². The molecule has 3 amide bonds. The summed E-state index contributed by atoms with van der Waals surface area (Å²) in [5.74, 6) is -1.58. The third-order valence-corrected chi connectivity index (χ3v) is 5.90. The van der Waals surface area contributed by atoms with Gasteiger partial charge in [0, 0.05) is 16.6 Å². The molecule has 5 nitrogen and oxygen atoms in total. The number of imide groups is 1. The molecule has 1 aliphatic heterocycles. The van der Waals surface area contributed by atoms with E-state index in [2.05, 4.69) is 15.9 Å². The highest BCUT2D eigenvalue weighted by Crippen LogP contribution is 2.29. The summed E-state index contributed by atoms with van der Waals surface area (Å²) in [5, 5.41) is 0. The van der Waals surface area contributed by atoms with Crippen LogP contribution in [0.15, 0.2) is 77.3 Å². The van der Waals surface area contributed by atoms with Gasteiger partial charge in [-0.2, -0.15) is 0 Å². The maximum Gasteiger partial charge on any atom is 0.257 e. The van der Waals surface area contributed by atoms with E-state index in [1.54, 1.807) is 54.6 Å². The van der Waals surface area contributed by atoms with Crippen molar-refractivity contribution in [3.05, 3.63) is 99.8 Å². The molecule has 1 atom stereocenters. The van der Waals surface area contributed by atoms with E-state index in [0.29, 0.717) is 16.8 Å². The van der Waals surface area contributed by atoms with Gasteiger partial charge >= 0.3 is 0 Å². The molecule has 0 saturated carbocycles. The number of hydrogen-bond donors (Lipinski definition) is 0. The molecule has 7 heteroatoms. The minimum atomic E-state index is -0.954. The van der Waals surface area contributed by atoms with Gasteiger partial charge in [-0.15, -0.1) is 0 Å². The molecule has 4 rings (SSSR count). The van der Waals surface area contributed by atoms with Crippen molar-refractivity contribution in [1.29, 1.82) is 0 Å². The molecule has 162 valence electrons. The highest BCUT2D eigenvalue weighted by Gasteiger charge is 2.44. The smallest absolute Gasteiger partial charge is 0.257 e. The first kappa shape index (κ1) is 21.9. The summed E-state index contributed by atoms with van der Waals surface area (Å²) in [6.45, 7) is 1.95. The summed E-state index contributed by atoms with van der Waals surface area (Å²) in [6.07, 6.45) is -0.117. The number of carbonyl (C=O) groups excluding carboxylic acids is 3. The summed E-state index contributed by atoms with van der Waals surface area (Å²) in [4.78, 5) is 42.1. The lowest BCUT2D eigenvalue weighted by atomic mass is 10.1. The zero-order valence-electron chi connectivity index (χ0n) is 17.3. The number of aryl methyl sites for hydroxylation is 1. The number of anilines is 1. The molecule has 1 unspecified atom stereocenters. The Balaban J connectivity index is 1.69. The Morgan fingerprint density at radius 1 is 1.06 bits per heavy atom. The van der Waals surface area contributed by atoms with Gasteiger partial charge < -0.3 is 4.90 Å². The number of hydrogen-bond acceptors (Lipinski definition) is 3. The number of benzene rings is 3. The molecule has 3 aromatic carbocycles. The van der Waals surface area contributed by atoms with E-state index in [1.807, 2.05) is 13.0 Å². The molecule has 0 aliphatic carbocycles. The van der Waals surface area contributed by atoms with Gasteiger partial charge in [-0.05, 0) is 61.0 Å². The molecule has 3 aromatic rings. The summed E-state index contributed by atoms with van der Waals surface area (Å²) in [6, 6.07) is 18.7. The fraction of sp³-hybridized carbons (Fsp3) is 0.160. The van der Waals surface area contributed by atoms with Crippen molar-refractivity contribution < 1.29 is 18.8 Å². The summed E-state index contributed by atoms with van der Waals surface area (Å²) in [5.41, 5.74) is 2.45. The number of amides is 3. The van der Waals surface area contributed by atoms with Gasteiger partial charge in [0.25, 0.3) is 11.8 Å². The second kappa shape index (κ2) is 9.04. The van der Waals surface area contributed by atoms with Crippen molar-refractivity contribution in [2.75, 3.05) is 4.90 Å². The lowest BCUT2D eigenvalue weighted by molar-refractivity contribution is -0.122. The zero-order valence-corrected chi connectivity index (χ0v) is 18.9. The molecule has 0 aromatic heterocycles. The van der Waals surface area contributed by atoms with Crippen LogP contribution < -0.4 is 4.90 Å². The van der Waals surface area contributed by atoms with Crippen LogP contribution in [0.1, 0.15) is 27.9 Å². The Hall–Kier alpha value is -3.32. The third kappa shape index (κ3) is 4.48. The topological polar surface area (TPSA) is 57.7 Å². The second-order valence-corrected chi connectivity index (χ2v) is 8.61. The average molecular weight is 495 g/mol. The van der Waals surface area contributed by atoms with E-state index in [9.17, 15) is 18.8 Å². The van der Waals surface area contributed by atoms with Crippen molar-refractivity contribution in [2.45, 2.75) is 25.9 Å². The summed E-state index contributed by atoms with van der Waals surface area (Å²) >= 11 is 3.34. The molecule has 1 heterocycles. The standard InChI is InChI=1S/C25H20BrFN2O3/c1-16-3-2-4-18(13-16)24(31)28(15-17-5-9-20(27)10-6-17)22-14-23(30)29(25(22)32)21-11-7-19(26)8-12-21/h2-13,22H,14-15H2,1H3. The van der Waals surface area contributed by atoms with Gasteiger partial charge in [-0.25, -0.2) is 9.29 Å². The van der Waals surface area contributed by atoms with Gasteiger partial charge in [0.15, 0.2) is 0 Å². The number of carbonyl (C=O) groups is 3. The van der Waals surface area contributed by atoms with Crippen LogP contribution in [-0.4, -0.2) is 28.7 Å². The Kier molecular flexibility index (Phi) is 6.19. The van der Waals surface area contributed by atoms with Crippen molar-refractivity contribution >= 4 is 39.3 Å². The molecule has 0 radical (unpaired) electrons. The molecule has 1 saturated heterocycles. The fourth-order valence-electron chi connectivity index (χ4n) is 3.77. The van der Waals surface area contributed by atoms with E-state index < -0.39 is 11.9 Å². The molecule has 0 N–H and O–H groups in total. The SMILES string of the molecule is Cc1cccc(C(=O)N(Cc2ccc(F)cc2)C2CC(=O)N(c3ccc(Br)cc3)C2=O)c1. The van der Waals surface area contributed by atoms with Gasteiger partial charge in [-0.3, -0.25) is 14.4 Å². The first-order valence-electron chi connectivity index (χ1n) is 10.1. The van der Waals surface area contributed by atoms with Crippen LogP contribution in [0.5, 0.6) is 0 Å². The Morgan fingerprint density at radius 2 is 1.75 bits per heavy atom. The molecule has 32 heavy (non-hydrogen) atoms. The molecule has 1 fully saturated rings. The highest BCUT2D eigenvalue weighted by molar-refractivity contribution is 9.10. The normalized spacial score (nSPS) is 15.8. The van der Waals surface area contributed by atoms with Crippen molar-refractivity contribution in [2.24, 2.45) is 0 Å². The molecular weight excluding hydrogens is 475 g/mol. The van der Waals surface area contributed by atoms with Gasteiger partial charge in [0.1, 0.15) is 11.9 Å². The van der Waals surface area contributed by atoms with Gasteiger partial charge in [0.2, 0.25) is 5.91 Å². The highest BCUT2D eigenvalue weighted by atomic mass is 79.9. The predicted molar refractivity (Wildman–Crippen MR) is 122 cm³/mol. The maximum absolute atomic E-state index is 13.5. The quantitative estimate of drug-likeness (QED) is 0.475. The van der Waals surface area contributed by atoms with Gasteiger partial charge in [-0.1, -0.05) is 45.8 Å². The number of halogens is 2. The number of rotatable bonds is 5. The van der Waals surface area contributed by atoms with Crippen LogP contribution in [0.4, 0.5) is 10.1 Å². The van der Waals surface area contributed by atoms with E-state index in [4.69, 9.17) is 0 Å². The lowest BCUT2D eigenvalue weighted by Gasteiger charge is -2.28. The van der Waals surface area contributed by atoms with Crippen molar-refractivity contribution in [3.63, 3.8) is 0 Å². The Morgan fingerprint density at radius 3 is 2.41 bits per heavy atom. The first-order chi connectivity index (χ1) is 15.3. The maximum atomic E-state index is 13.5. The van der Waals surface area contributed by atoms with Gasteiger partial charge in [0.05, 0.1) is 12.1 Å². The van der Waals surface area contributed by atoms with Crippen LogP contribution in [-0.2, 0) is 16.1 Å². The van der Waals surface area contributed by atoms with E-state index in [1.165, 1.54) is 17.0 Å². The van der Waals surface area contributed by atoms with E-state index in [0.717, 1.165) is 14.9 Å². The largest absolute Gasteiger partial charge is 0.322 e. The van der Waals surface area contributed by atoms with Crippen LogP contribution in [0.2, 0.25) is 0 Å². The van der Waals surface area contributed by atoms with Crippen molar-refractivity contribution in [1.82, 2.24) is 4.90 Å². The Labute approximate surface area is 193 Å². The minimum absolute atomic E-state index is 0.0743. The lowest BCUT2D eigenvalue weighted by Crippen LogP contribution is -2.45.